The van der Waals surface area contributed by atoms with Gasteiger partial charge in [-0.1, -0.05) is 24.3 Å². The van der Waals surface area contributed by atoms with Gasteiger partial charge in [-0.05, 0) is 30.2 Å². The third-order valence-corrected chi connectivity index (χ3v) is 5.24. The number of rotatable bonds is 9. The van der Waals surface area contributed by atoms with Gasteiger partial charge in [0.1, 0.15) is 5.69 Å². The van der Waals surface area contributed by atoms with Crippen LogP contribution in [0.15, 0.2) is 58.4 Å². The summed E-state index contributed by atoms with van der Waals surface area (Å²) in [7, 11) is -1.53. The van der Waals surface area contributed by atoms with Crippen LogP contribution in [0.25, 0.3) is 0 Å². The fourth-order valence-electron chi connectivity index (χ4n) is 2.61. The van der Waals surface area contributed by atoms with Crippen molar-refractivity contribution in [2.45, 2.75) is 11.3 Å². The minimum absolute atomic E-state index is 0. The first-order valence-electron chi connectivity index (χ1n) is 9.02. The van der Waals surface area contributed by atoms with Crippen LogP contribution in [0.3, 0.4) is 0 Å². The molecule has 30 heavy (non-hydrogen) atoms. The van der Waals surface area contributed by atoms with E-state index in [0.717, 1.165) is 5.56 Å². The van der Waals surface area contributed by atoms with E-state index < -0.39 is 14.8 Å². The molecule has 0 saturated carbocycles. The number of para-hydroxylation sites is 2. The van der Waals surface area contributed by atoms with Crippen LogP contribution < -0.4 is 16.0 Å². The first-order valence-corrected chi connectivity index (χ1v) is 10.9. The second-order valence-electron chi connectivity index (χ2n) is 6.29. The van der Waals surface area contributed by atoms with E-state index in [2.05, 4.69) is 20.9 Å². The molecule has 3 N–H and O–H groups in total. The largest absolute Gasteiger partial charge is 0.378 e. The molecule has 2 rings (SSSR count). The molecule has 0 spiro atoms. The molecule has 0 bridgehead atoms. The second kappa shape index (κ2) is 12.3. The molecule has 0 saturated heterocycles. The first kappa shape index (κ1) is 25.6. The van der Waals surface area contributed by atoms with Crippen molar-refractivity contribution in [2.75, 3.05) is 38.3 Å². The van der Waals surface area contributed by atoms with Crippen molar-refractivity contribution in [1.29, 1.82) is 0 Å². The number of sulfone groups is 1. The van der Waals surface area contributed by atoms with Crippen molar-refractivity contribution in [3.63, 3.8) is 0 Å². The zero-order chi connectivity index (χ0) is 21.3. The molecular weight excluding hydrogens is 521 g/mol. The van der Waals surface area contributed by atoms with E-state index in [9.17, 15) is 18.5 Å². The van der Waals surface area contributed by atoms with E-state index in [1.54, 1.807) is 49.5 Å². The van der Waals surface area contributed by atoms with Crippen LogP contribution in [0.5, 0.6) is 0 Å². The number of nitrogens with zero attached hydrogens (tertiary/aromatic N) is 2. The van der Waals surface area contributed by atoms with Gasteiger partial charge in [0.15, 0.2) is 15.8 Å². The fourth-order valence-corrected chi connectivity index (χ4v) is 3.24. The number of nitro groups is 1. The standard InChI is InChI=1S/C19H25N5O4S.HI/c1-20-19(22-12-11-15-7-9-16(10-8-15)29(2,27)28)23-14-13-21-17-5-3-4-6-18(17)24(25)26;/h3-10,21H,11-14H2,1-2H3,(H2,20,22,23);1H. The van der Waals surface area contributed by atoms with E-state index in [-0.39, 0.29) is 29.7 Å². The Bertz CT molecular complexity index is 965. The Morgan fingerprint density at radius 1 is 1.03 bits per heavy atom. The van der Waals surface area contributed by atoms with Gasteiger partial charge in [-0.15, -0.1) is 24.0 Å². The van der Waals surface area contributed by atoms with Gasteiger partial charge in [0.2, 0.25) is 0 Å². The minimum atomic E-state index is -3.19. The number of hydrogen-bond acceptors (Lipinski definition) is 6. The average Bonchev–Trinajstić information content (AvgIpc) is 2.69. The lowest BCUT2D eigenvalue weighted by Crippen LogP contribution is -2.40. The Kier molecular flexibility index (Phi) is 10.5. The van der Waals surface area contributed by atoms with Crippen molar-refractivity contribution in [3.8, 4) is 0 Å². The van der Waals surface area contributed by atoms with E-state index >= 15 is 0 Å². The van der Waals surface area contributed by atoms with E-state index in [4.69, 9.17) is 0 Å². The van der Waals surface area contributed by atoms with Crippen molar-refractivity contribution in [3.05, 3.63) is 64.2 Å². The summed E-state index contributed by atoms with van der Waals surface area (Å²) in [5.74, 6) is 0.613. The van der Waals surface area contributed by atoms with Gasteiger partial charge in [-0.25, -0.2) is 8.42 Å². The number of anilines is 1. The zero-order valence-electron chi connectivity index (χ0n) is 16.8. The maximum atomic E-state index is 11.5. The summed E-state index contributed by atoms with van der Waals surface area (Å²) < 4.78 is 23.0. The predicted octanol–water partition coefficient (Wildman–Crippen LogP) is 2.44. The minimum Gasteiger partial charge on any atom is -0.378 e. The highest BCUT2D eigenvalue weighted by atomic mass is 127. The van der Waals surface area contributed by atoms with Crippen LogP contribution in [0, 0.1) is 10.1 Å². The summed E-state index contributed by atoms with van der Waals surface area (Å²) in [5.41, 5.74) is 1.52. The van der Waals surface area contributed by atoms with Gasteiger partial charge in [0.25, 0.3) is 5.69 Å². The molecule has 0 aliphatic heterocycles. The quantitative estimate of drug-likeness (QED) is 0.110. The summed E-state index contributed by atoms with van der Waals surface area (Å²) in [6, 6.07) is 13.3. The number of aliphatic imine (C=N–C) groups is 1. The molecular formula is C19H26IN5O4S. The van der Waals surface area contributed by atoms with Gasteiger partial charge >= 0.3 is 0 Å². The monoisotopic (exact) mass is 547 g/mol. The number of nitro benzene ring substituents is 1. The topological polar surface area (TPSA) is 126 Å². The molecule has 9 nitrogen and oxygen atoms in total. The highest BCUT2D eigenvalue weighted by Crippen LogP contribution is 2.22. The molecule has 2 aromatic rings. The molecule has 11 heteroatoms. The molecule has 0 radical (unpaired) electrons. The highest BCUT2D eigenvalue weighted by Gasteiger charge is 2.11. The summed E-state index contributed by atoms with van der Waals surface area (Å²) in [4.78, 5) is 15.0. The highest BCUT2D eigenvalue weighted by molar-refractivity contribution is 14.0. The van der Waals surface area contributed by atoms with Gasteiger partial charge < -0.3 is 16.0 Å². The third kappa shape index (κ3) is 8.14. The smallest absolute Gasteiger partial charge is 0.292 e. The van der Waals surface area contributed by atoms with E-state index in [0.29, 0.717) is 42.6 Å². The lowest BCUT2D eigenvalue weighted by molar-refractivity contribution is -0.384. The van der Waals surface area contributed by atoms with E-state index in [1.807, 2.05) is 0 Å². The van der Waals surface area contributed by atoms with Crippen LogP contribution >= 0.6 is 24.0 Å². The number of hydrogen-bond donors (Lipinski definition) is 3. The van der Waals surface area contributed by atoms with Crippen LogP contribution in [-0.4, -0.2) is 52.2 Å². The molecule has 164 valence electrons. The molecule has 0 aromatic heterocycles. The fraction of sp³-hybridized carbons (Fsp3) is 0.316. The van der Waals surface area contributed by atoms with Crippen LogP contribution in [0.1, 0.15) is 5.56 Å². The van der Waals surface area contributed by atoms with Crippen LogP contribution in [0.4, 0.5) is 11.4 Å². The van der Waals surface area contributed by atoms with Gasteiger partial charge in [-0.2, -0.15) is 0 Å². The lowest BCUT2D eigenvalue weighted by Gasteiger charge is -2.13. The molecule has 0 aliphatic rings. The van der Waals surface area contributed by atoms with Crippen LogP contribution in [0.2, 0.25) is 0 Å². The Labute approximate surface area is 193 Å². The Morgan fingerprint density at radius 2 is 1.67 bits per heavy atom. The zero-order valence-corrected chi connectivity index (χ0v) is 19.9. The van der Waals surface area contributed by atoms with Gasteiger partial charge in [0, 0.05) is 39.0 Å². The van der Waals surface area contributed by atoms with Crippen molar-refractivity contribution < 1.29 is 13.3 Å². The number of benzene rings is 2. The predicted molar refractivity (Wildman–Crippen MR) is 130 cm³/mol. The molecule has 0 atom stereocenters. The molecule has 2 aromatic carbocycles. The van der Waals surface area contributed by atoms with Crippen molar-refractivity contribution in [2.24, 2.45) is 4.99 Å². The maximum absolute atomic E-state index is 11.5. The van der Waals surface area contributed by atoms with Crippen molar-refractivity contribution in [1.82, 2.24) is 10.6 Å². The molecule has 0 heterocycles. The summed E-state index contributed by atoms with van der Waals surface area (Å²) >= 11 is 0. The average molecular weight is 547 g/mol. The summed E-state index contributed by atoms with van der Waals surface area (Å²) in [6.07, 6.45) is 1.89. The molecule has 0 amide bonds. The molecule has 0 unspecified atom stereocenters. The van der Waals surface area contributed by atoms with Gasteiger partial charge in [0.05, 0.1) is 9.82 Å². The van der Waals surface area contributed by atoms with Crippen molar-refractivity contribution >= 4 is 51.1 Å². The maximum Gasteiger partial charge on any atom is 0.292 e. The van der Waals surface area contributed by atoms with E-state index in [1.165, 1.54) is 12.3 Å². The SMILES string of the molecule is CN=C(NCCNc1ccccc1[N+](=O)[O-])NCCc1ccc(S(C)(=O)=O)cc1.I. The Morgan fingerprint density at radius 3 is 2.27 bits per heavy atom. The first-order chi connectivity index (χ1) is 13.8. The Balaban J connectivity index is 0.00000450. The molecule has 0 aliphatic carbocycles. The Hall–Kier alpha value is -2.41. The summed E-state index contributed by atoms with van der Waals surface area (Å²) in [5, 5.41) is 20.3. The second-order valence-corrected chi connectivity index (χ2v) is 8.31. The third-order valence-electron chi connectivity index (χ3n) is 4.11. The number of halogens is 1. The normalized spacial score (nSPS) is 11.3. The van der Waals surface area contributed by atoms with Gasteiger partial charge in [-0.3, -0.25) is 15.1 Å². The molecule has 0 fully saturated rings. The number of guanidine groups is 1. The van der Waals surface area contributed by atoms with Crippen LogP contribution in [-0.2, 0) is 16.3 Å². The number of nitrogens with one attached hydrogen (secondary N) is 3. The summed E-state index contributed by atoms with van der Waals surface area (Å²) in [6.45, 7) is 1.63. The lowest BCUT2D eigenvalue weighted by atomic mass is 10.1.